The van der Waals surface area contributed by atoms with Gasteiger partial charge in [-0.2, -0.15) is 0 Å². The quantitative estimate of drug-likeness (QED) is 0.834. The number of thiazole rings is 1. The van der Waals surface area contributed by atoms with Crippen LogP contribution in [0.4, 0.5) is 5.82 Å². The van der Waals surface area contributed by atoms with Gasteiger partial charge in [-0.1, -0.05) is 0 Å². The van der Waals surface area contributed by atoms with Gasteiger partial charge in [-0.3, -0.25) is 0 Å². The molecular formula is C11H14N4O2S2. The average Bonchev–Trinajstić information content (AvgIpc) is 2.92. The Bertz CT molecular complexity index is 626. The third kappa shape index (κ3) is 3.72. The summed E-state index contributed by atoms with van der Waals surface area (Å²) < 4.78 is 26.6. The summed E-state index contributed by atoms with van der Waals surface area (Å²) in [5, 5.41) is 5.58. The normalized spacial score (nSPS) is 11.4. The van der Waals surface area contributed by atoms with Crippen molar-refractivity contribution in [3.05, 3.63) is 34.9 Å². The Hall–Kier alpha value is -1.51. The standard InChI is InChI=1S/C11H14N4O2S2/c1-12-10-8-9(2-4-13-10)19(16,17)15-5-3-11-14-6-7-18-11/h2,4,6-8,15H,3,5H2,1H3,(H,12,13). The molecule has 2 aromatic rings. The van der Waals surface area contributed by atoms with Gasteiger partial charge in [0.1, 0.15) is 5.82 Å². The van der Waals surface area contributed by atoms with E-state index in [-0.39, 0.29) is 4.90 Å². The van der Waals surface area contributed by atoms with Gasteiger partial charge in [0, 0.05) is 43.9 Å². The predicted octanol–water partition coefficient (Wildman–Crippen LogP) is 1.10. The third-order valence-electron chi connectivity index (χ3n) is 2.41. The molecule has 0 amide bonds. The van der Waals surface area contributed by atoms with Gasteiger partial charge < -0.3 is 5.32 Å². The highest BCUT2D eigenvalue weighted by molar-refractivity contribution is 7.89. The SMILES string of the molecule is CNc1cc(S(=O)(=O)NCCc2nccs2)ccn1. The summed E-state index contributed by atoms with van der Waals surface area (Å²) in [5.41, 5.74) is 0. The molecule has 0 saturated heterocycles. The Kier molecular flexibility index (Phi) is 4.46. The van der Waals surface area contributed by atoms with Crippen molar-refractivity contribution >= 4 is 27.2 Å². The van der Waals surface area contributed by atoms with Crippen LogP contribution in [0.25, 0.3) is 0 Å². The fourth-order valence-electron chi connectivity index (χ4n) is 1.47. The van der Waals surface area contributed by atoms with Gasteiger partial charge in [0.2, 0.25) is 10.0 Å². The molecule has 0 aliphatic carbocycles. The van der Waals surface area contributed by atoms with Crippen molar-refractivity contribution in [2.24, 2.45) is 0 Å². The number of anilines is 1. The minimum Gasteiger partial charge on any atom is -0.373 e. The van der Waals surface area contributed by atoms with Crippen molar-refractivity contribution in [1.82, 2.24) is 14.7 Å². The fourth-order valence-corrected chi connectivity index (χ4v) is 3.13. The second-order valence-corrected chi connectivity index (χ2v) is 6.45. The van der Waals surface area contributed by atoms with E-state index in [0.717, 1.165) is 5.01 Å². The molecule has 0 spiro atoms. The molecular weight excluding hydrogens is 284 g/mol. The van der Waals surface area contributed by atoms with E-state index in [9.17, 15) is 8.42 Å². The number of aromatic nitrogens is 2. The lowest BCUT2D eigenvalue weighted by Gasteiger charge is -2.07. The van der Waals surface area contributed by atoms with Crippen LogP contribution < -0.4 is 10.0 Å². The van der Waals surface area contributed by atoms with E-state index in [1.807, 2.05) is 5.38 Å². The number of nitrogens with one attached hydrogen (secondary N) is 2. The average molecular weight is 298 g/mol. The molecule has 102 valence electrons. The second kappa shape index (κ2) is 6.09. The highest BCUT2D eigenvalue weighted by atomic mass is 32.2. The van der Waals surface area contributed by atoms with Crippen molar-refractivity contribution in [3.8, 4) is 0 Å². The van der Waals surface area contributed by atoms with Crippen molar-refractivity contribution in [2.45, 2.75) is 11.3 Å². The highest BCUT2D eigenvalue weighted by Gasteiger charge is 2.14. The van der Waals surface area contributed by atoms with E-state index in [2.05, 4.69) is 20.0 Å². The van der Waals surface area contributed by atoms with Gasteiger partial charge in [0.05, 0.1) is 9.90 Å². The summed E-state index contributed by atoms with van der Waals surface area (Å²) in [6.07, 6.45) is 3.75. The zero-order valence-corrected chi connectivity index (χ0v) is 12.0. The molecule has 0 unspecified atom stereocenters. The minimum absolute atomic E-state index is 0.200. The van der Waals surface area contributed by atoms with E-state index in [1.54, 1.807) is 13.2 Å². The van der Waals surface area contributed by atoms with Crippen molar-refractivity contribution in [3.63, 3.8) is 0 Å². The first-order chi connectivity index (χ1) is 9.12. The Morgan fingerprint density at radius 2 is 2.16 bits per heavy atom. The number of hydrogen-bond acceptors (Lipinski definition) is 6. The van der Waals surface area contributed by atoms with Gasteiger partial charge in [0.15, 0.2) is 0 Å². The van der Waals surface area contributed by atoms with Crippen LogP contribution in [0.15, 0.2) is 34.8 Å². The largest absolute Gasteiger partial charge is 0.373 e. The van der Waals surface area contributed by atoms with Crippen LogP contribution in [-0.2, 0) is 16.4 Å². The summed E-state index contributed by atoms with van der Waals surface area (Å²) in [4.78, 5) is 8.28. The lowest BCUT2D eigenvalue weighted by molar-refractivity contribution is 0.581. The molecule has 0 saturated carbocycles. The molecule has 19 heavy (non-hydrogen) atoms. The third-order valence-corrected chi connectivity index (χ3v) is 4.71. The number of hydrogen-bond donors (Lipinski definition) is 2. The number of pyridine rings is 1. The molecule has 0 radical (unpaired) electrons. The summed E-state index contributed by atoms with van der Waals surface area (Å²) in [5.74, 6) is 0.516. The van der Waals surface area contributed by atoms with Crippen molar-refractivity contribution < 1.29 is 8.42 Å². The summed E-state index contributed by atoms with van der Waals surface area (Å²) in [6, 6.07) is 2.96. The molecule has 8 heteroatoms. The molecule has 2 heterocycles. The lowest BCUT2D eigenvalue weighted by Crippen LogP contribution is -2.26. The zero-order valence-electron chi connectivity index (χ0n) is 10.3. The summed E-state index contributed by atoms with van der Waals surface area (Å²) >= 11 is 1.51. The van der Waals surface area contributed by atoms with E-state index in [0.29, 0.717) is 18.8 Å². The van der Waals surface area contributed by atoms with Gasteiger partial charge in [0.25, 0.3) is 0 Å². The van der Waals surface area contributed by atoms with E-state index in [1.165, 1.54) is 29.7 Å². The Morgan fingerprint density at radius 3 is 2.84 bits per heavy atom. The summed E-state index contributed by atoms with van der Waals surface area (Å²) in [7, 11) is -1.81. The Labute approximate surface area is 116 Å². The molecule has 0 aliphatic heterocycles. The topological polar surface area (TPSA) is 84.0 Å². The van der Waals surface area contributed by atoms with Crippen LogP contribution in [0.5, 0.6) is 0 Å². The molecule has 2 aromatic heterocycles. The van der Waals surface area contributed by atoms with Gasteiger partial charge in [-0.25, -0.2) is 23.1 Å². The molecule has 0 aliphatic rings. The Balaban J connectivity index is 2.01. The first-order valence-corrected chi connectivity index (χ1v) is 8.00. The van der Waals surface area contributed by atoms with Crippen LogP contribution >= 0.6 is 11.3 Å². The lowest BCUT2D eigenvalue weighted by atomic mass is 10.5. The van der Waals surface area contributed by atoms with Gasteiger partial charge in [-0.15, -0.1) is 11.3 Å². The predicted molar refractivity (Wildman–Crippen MR) is 74.8 cm³/mol. The maximum absolute atomic E-state index is 12.0. The van der Waals surface area contributed by atoms with E-state index in [4.69, 9.17) is 0 Å². The minimum atomic E-state index is -3.50. The first kappa shape index (κ1) is 13.9. The van der Waals surface area contributed by atoms with Crippen LogP contribution in [0.2, 0.25) is 0 Å². The van der Waals surface area contributed by atoms with Crippen LogP contribution in [0, 0.1) is 0 Å². The maximum Gasteiger partial charge on any atom is 0.240 e. The second-order valence-electron chi connectivity index (χ2n) is 3.70. The molecule has 6 nitrogen and oxygen atoms in total. The smallest absolute Gasteiger partial charge is 0.240 e. The molecule has 2 N–H and O–H groups in total. The molecule has 0 aromatic carbocycles. The maximum atomic E-state index is 12.0. The fraction of sp³-hybridized carbons (Fsp3) is 0.273. The molecule has 0 atom stereocenters. The molecule has 2 rings (SSSR count). The van der Waals surface area contributed by atoms with Crippen LogP contribution in [0.1, 0.15) is 5.01 Å². The Morgan fingerprint density at radius 1 is 1.32 bits per heavy atom. The zero-order chi connectivity index (χ0) is 13.7. The highest BCUT2D eigenvalue weighted by Crippen LogP contribution is 2.12. The molecule has 0 bridgehead atoms. The first-order valence-electron chi connectivity index (χ1n) is 5.63. The number of sulfonamides is 1. The number of nitrogens with zero attached hydrogens (tertiary/aromatic N) is 2. The van der Waals surface area contributed by atoms with E-state index < -0.39 is 10.0 Å². The van der Waals surface area contributed by atoms with Crippen LogP contribution in [0.3, 0.4) is 0 Å². The van der Waals surface area contributed by atoms with Gasteiger partial charge in [-0.05, 0) is 6.07 Å². The summed E-state index contributed by atoms with van der Waals surface area (Å²) in [6.45, 7) is 0.326. The van der Waals surface area contributed by atoms with Gasteiger partial charge >= 0.3 is 0 Å². The molecule has 0 fully saturated rings. The monoisotopic (exact) mass is 298 g/mol. The van der Waals surface area contributed by atoms with Crippen molar-refractivity contribution in [2.75, 3.05) is 18.9 Å². The van der Waals surface area contributed by atoms with Crippen molar-refractivity contribution in [1.29, 1.82) is 0 Å². The number of rotatable bonds is 6. The van der Waals surface area contributed by atoms with E-state index >= 15 is 0 Å². The van der Waals surface area contributed by atoms with Crippen LogP contribution in [-0.4, -0.2) is 32.0 Å².